The van der Waals surface area contributed by atoms with Gasteiger partial charge in [-0.15, -0.1) is 0 Å². The monoisotopic (exact) mass is 211 g/mol. The first kappa shape index (κ1) is 9.43. The van der Waals surface area contributed by atoms with Gasteiger partial charge in [0, 0.05) is 22.9 Å². The van der Waals surface area contributed by atoms with Gasteiger partial charge in [0.1, 0.15) is 11.2 Å². The second-order valence-electron chi connectivity index (χ2n) is 3.92. The maximum atomic E-state index is 5.90. The van der Waals surface area contributed by atoms with Gasteiger partial charge in [0.25, 0.3) is 0 Å². The van der Waals surface area contributed by atoms with Crippen molar-refractivity contribution in [2.45, 2.75) is 6.54 Å². The van der Waals surface area contributed by atoms with E-state index < -0.39 is 0 Å². The van der Waals surface area contributed by atoms with Crippen LogP contribution in [0.2, 0.25) is 0 Å². The average molecular weight is 211 g/mol. The summed E-state index contributed by atoms with van der Waals surface area (Å²) in [4.78, 5) is 0. The van der Waals surface area contributed by atoms with Crippen LogP contribution in [0.5, 0.6) is 0 Å². The Hall–Kier alpha value is -1.80. The molecule has 3 rings (SSSR count). The molecule has 2 heteroatoms. The van der Waals surface area contributed by atoms with Crippen molar-refractivity contribution in [3.8, 4) is 0 Å². The topological polar surface area (TPSA) is 25.2 Å². The number of fused-ring (bicyclic) bond motifs is 3. The van der Waals surface area contributed by atoms with Gasteiger partial charge in [0.15, 0.2) is 0 Å². The SMILES string of the molecule is CNCc1cccc2c1oc1ccccc12. The van der Waals surface area contributed by atoms with E-state index in [4.69, 9.17) is 4.42 Å². The maximum Gasteiger partial charge on any atom is 0.139 e. The molecule has 16 heavy (non-hydrogen) atoms. The summed E-state index contributed by atoms with van der Waals surface area (Å²) in [5, 5.41) is 5.55. The van der Waals surface area contributed by atoms with Gasteiger partial charge in [-0.1, -0.05) is 36.4 Å². The molecular formula is C14H13NO. The molecule has 1 N–H and O–H groups in total. The normalized spacial score (nSPS) is 11.3. The molecule has 2 nitrogen and oxygen atoms in total. The fourth-order valence-corrected chi connectivity index (χ4v) is 2.14. The molecule has 80 valence electrons. The lowest BCUT2D eigenvalue weighted by atomic mass is 10.1. The van der Waals surface area contributed by atoms with E-state index in [-0.39, 0.29) is 0 Å². The van der Waals surface area contributed by atoms with E-state index in [2.05, 4.69) is 29.6 Å². The minimum Gasteiger partial charge on any atom is -0.456 e. The third-order valence-corrected chi connectivity index (χ3v) is 2.85. The van der Waals surface area contributed by atoms with Gasteiger partial charge in [-0.05, 0) is 13.1 Å². The Labute approximate surface area is 93.9 Å². The van der Waals surface area contributed by atoms with Crippen LogP contribution in [0.15, 0.2) is 46.9 Å². The van der Waals surface area contributed by atoms with Crippen LogP contribution in [0.3, 0.4) is 0 Å². The van der Waals surface area contributed by atoms with Gasteiger partial charge >= 0.3 is 0 Å². The average Bonchev–Trinajstić information content (AvgIpc) is 2.69. The third kappa shape index (κ3) is 1.31. The molecule has 0 atom stereocenters. The lowest BCUT2D eigenvalue weighted by Crippen LogP contribution is -2.04. The first-order valence-electron chi connectivity index (χ1n) is 5.44. The van der Waals surface area contributed by atoms with Gasteiger partial charge in [-0.3, -0.25) is 0 Å². The lowest BCUT2D eigenvalue weighted by molar-refractivity contribution is 0.657. The number of furan rings is 1. The van der Waals surface area contributed by atoms with Crippen molar-refractivity contribution in [1.82, 2.24) is 5.32 Å². The van der Waals surface area contributed by atoms with E-state index >= 15 is 0 Å². The van der Waals surface area contributed by atoms with Crippen LogP contribution in [0, 0.1) is 0 Å². The largest absolute Gasteiger partial charge is 0.456 e. The van der Waals surface area contributed by atoms with Crippen LogP contribution < -0.4 is 5.32 Å². The van der Waals surface area contributed by atoms with Crippen LogP contribution in [0.4, 0.5) is 0 Å². The van der Waals surface area contributed by atoms with E-state index in [1.54, 1.807) is 0 Å². The predicted molar refractivity (Wildman–Crippen MR) is 66.5 cm³/mol. The zero-order chi connectivity index (χ0) is 11.0. The molecule has 0 spiro atoms. The Kier molecular flexibility index (Phi) is 2.15. The summed E-state index contributed by atoms with van der Waals surface area (Å²) in [5.74, 6) is 0. The molecule has 0 bridgehead atoms. The lowest BCUT2D eigenvalue weighted by Gasteiger charge is -1.99. The maximum absolute atomic E-state index is 5.90. The van der Waals surface area contributed by atoms with E-state index in [1.165, 1.54) is 16.3 Å². The first-order valence-corrected chi connectivity index (χ1v) is 5.44. The molecule has 0 saturated carbocycles. The minimum absolute atomic E-state index is 0.831. The molecule has 0 unspecified atom stereocenters. The molecule has 2 aromatic carbocycles. The summed E-state index contributed by atoms with van der Waals surface area (Å²) in [6, 6.07) is 14.5. The van der Waals surface area contributed by atoms with Gasteiger partial charge in [0.2, 0.25) is 0 Å². The van der Waals surface area contributed by atoms with Crippen molar-refractivity contribution >= 4 is 21.9 Å². The highest BCUT2D eigenvalue weighted by Crippen LogP contribution is 2.30. The predicted octanol–water partition coefficient (Wildman–Crippen LogP) is 3.31. The summed E-state index contributed by atoms with van der Waals surface area (Å²) in [5.41, 5.74) is 3.16. The van der Waals surface area contributed by atoms with E-state index in [9.17, 15) is 0 Å². The summed E-state index contributed by atoms with van der Waals surface area (Å²) in [6.45, 7) is 0.831. The molecule has 0 saturated heterocycles. The molecule has 0 amide bonds. The fraction of sp³-hybridized carbons (Fsp3) is 0.143. The smallest absolute Gasteiger partial charge is 0.139 e. The molecule has 0 aliphatic heterocycles. The van der Waals surface area contributed by atoms with Crippen molar-refractivity contribution < 1.29 is 4.42 Å². The van der Waals surface area contributed by atoms with Crippen LogP contribution in [-0.2, 0) is 6.54 Å². The minimum atomic E-state index is 0.831. The highest BCUT2D eigenvalue weighted by molar-refractivity contribution is 6.05. The molecular weight excluding hydrogens is 198 g/mol. The summed E-state index contributed by atoms with van der Waals surface area (Å²) >= 11 is 0. The second kappa shape index (κ2) is 3.65. The number of benzene rings is 2. The molecule has 3 aromatic rings. The van der Waals surface area contributed by atoms with Crippen molar-refractivity contribution in [2.75, 3.05) is 7.05 Å². The van der Waals surface area contributed by atoms with Gasteiger partial charge in [0.05, 0.1) is 0 Å². The Morgan fingerprint density at radius 3 is 2.69 bits per heavy atom. The number of hydrogen-bond donors (Lipinski definition) is 1. The van der Waals surface area contributed by atoms with Crippen LogP contribution in [0.25, 0.3) is 21.9 Å². The molecule has 0 aliphatic rings. The molecule has 0 radical (unpaired) electrons. The standard InChI is InChI=1S/C14H13NO/c1-15-9-10-5-4-7-12-11-6-2-3-8-13(11)16-14(10)12/h2-8,15H,9H2,1H3. The Morgan fingerprint density at radius 1 is 1.00 bits per heavy atom. The van der Waals surface area contributed by atoms with Gasteiger partial charge in [-0.2, -0.15) is 0 Å². The van der Waals surface area contributed by atoms with Crippen molar-refractivity contribution in [3.05, 3.63) is 48.0 Å². The molecule has 1 heterocycles. The van der Waals surface area contributed by atoms with Gasteiger partial charge < -0.3 is 9.73 Å². The zero-order valence-electron chi connectivity index (χ0n) is 9.16. The third-order valence-electron chi connectivity index (χ3n) is 2.85. The highest BCUT2D eigenvalue weighted by Gasteiger charge is 2.08. The van der Waals surface area contributed by atoms with Crippen molar-refractivity contribution in [2.24, 2.45) is 0 Å². The van der Waals surface area contributed by atoms with Gasteiger partial charge in [-0.25, -0.2) is 0 Å². The van der Waals surface area contributed by atoms with Crippen LogP contribution in [-0.4, -0.2) is 7.05 Å². The van der Waals surface area contributed by atoms with E-state index in [0.29, 0.717) is 0 Å². The zero-order valence-corrected chi connectivity index (χ0v) is 9.16. The summed E-state index contributed by atoms with van der Waals surface area (Å²) in [7, 11) is 1.95. The highest BCUT2D eigenvalue weighted by atomic mass is 16.3. The summed E-state index contributed by atoms with van der Waals surface area (Å²) < 4.78 is 5.90. The number of hydrogen-bond acceptors (Lipinski definition) is 2. The Balaban J connectivity index is 2.39. The quantitative estimate of drug-likeness (QED) is 0.703. The van der Waals surface area contributed by atoms with Crippen LogP contribution >= 0.6 is 0 Å². The number of rotatable bonds is 2. The Bertz CT molecular complexity index is 639. The summed E-state index contributed by atoms with van der Waals surface area (Å²) in [6.07, 6.45) is 0. The molecule has 0 fully saturated rings. The second-order valence-corrected chi connectivity index (χ2v) is 3.92. The van der Waals surface area contributed by atoms with Crippen molar-refractivity contribution in [3.63, 3.8) is 0 Å². The van der Waals surface area contributed by atoms with Crippen molar-refractivity contribution in [1.29, 1.82) is 0 Å². The fourth-order valence-electron chi connectivity index (χ4n) is 2.14. The number of para-hydroxylation sites is 2. The van der Waals surface area contributed by atoms with Crippen LogP contribution in [0.1, 0.15) is 5.56 Å². The Morgan fingerprint density at radius 2 is 1.81 bits per heavy atom. The van der Waals surface area contributed by atoms with E-state index in [0.717, 1.165) is 17.7 Å². The molecule has 1 aromatic heterocycles. The van der Waals surface area contributed by atoms with E-state index in [1.807, 2.05) is 25.2 Å². The first-order chi connectivity index (χ1) is 7.90. The number of nitrogens with one attached hydrogen (secondary N) is 1. The molecule has 0 aliphatic carbocycles.